The highest BCUT2D eigenvalue weighted by molar-refractivity contribution is 7.79. The fraction of sp³-hybridized carbons (Fsp3) is 0.333. The second-order valence-corrected chi connectivity index (χ2v) is 3.93. The van der Waals surface area contributed by atoms with E-state index in [-0.39, 0.29) is 5.78 Å². The van der Waals surface area contributed by atoms with Gasteiger partial charge in [-0.1, -0.05) is 43.4 Å². The summed E-state index contributed by atoms with van der Waals surface area (Å²) in [7, 11) is 0. The van der Waals surface area contributed by atoms with E-state index in [2.05, 4.69) is 0 Å². The molecule has 15 heavy (non-hydrogen) atoms. The van der Waals surface area contributed by atoms with Gasteiger partial charge in [-0.2, -0.15) is 0 Å². The van der Waals surface area contributed by atoms with Crippen LogP contribution in [0, 0.1) is 0 Å². The summed E-state index contributed by atoms with van der Waals surface area (Å²) in [6, 6.07) is 6.91. The molecule has 1 aromatic carbocycles. The van der Waals surface area contributed by atoms with E-state index >= 15 is 0 Å². The minimum Gasteiger partial charge on any atom is -0.382 e. The van der Waals surface area contributed by atoms with Crippen molar-refractivity contribution in [3.05, 3.63) is 35.4 Å². The molecule has 0 spiro atoms. The van der Waals surface area contributed by atoms with Gasteiger partial charge in [0.2, 0.25) is 0 Å². The zero-order chi connectivity index (χ0) is 11.5. The molecule has 80 valence electrons. The molecule has 0 aliphatic carbocycles. The van der Waals surface area contributed by atoms with Gasteiger partial charge in [0.1, 0.15) is 5.60 Å². The van der Waals surface area contributed by atoms with Crippen molar-refractivity contribution >= 4 is 23.4 Å². The Kier molecular flexibility index (Phi) is 3.72. The number of hydrogen-bond acceptors (Lipinski definition) is 3. The molecule has 3 heteroatoms. The normalized spacial score (nSPS) is 14.3. The standard InChI is InChI=1S/C12H14O2S/c1-3-12(2,14)11(13)10-6-4-9(8-15)5-7-10/h4-8,14H,3H2,1-2H3/t12-/m0/s1. The Labute approximate surface area is 94.9 Å². The second kappa shape index (κ2) is 4.64. The maximum atomic E-state index is 11.8. The van der Waals surface area contributed by atoms with E-state index < -0.39 is 5.60 Å². The van der Waals surface area contributed by atoms with E-state index in [0.29, 0.717) is 12.0 Å². The molecular formula is C12H14O2S. The fourth-order valence-electron chi connectivity index (χ4n) is 1.18. The first-order valence-electron chi connectivity index (χ1n) is 4.83. The maximum Gasteiger partial charge on any atom is 0.194 e. The molecule has 0 aromatic heterocycles. The molecule has 0 fully saturated rings. The molecule has 2 nitrogen and oxygen atoms in total. The molecule has 0 radical (unpaired) electrons. The van der Waals surface area contributed by atoms with Crippen molar-refractivity contribution in [2.75, 3.05) is 0 Å². The van der Waals surface area contributed by atoms with Gasteiger partial charge in [0.05, 0.1) is 0 Å². The summed E-state index contributed by atoms with van der Waals surface area (Å²) in [5, 5.41) is 11.3. The van der Waals surface area contributed by atoms with Crippen LogP contribution in [0.4, 0.5) is 0 Å². The molecule has 0 bridgehead atoms. The van der Waals surface area contributed by atoms with Crippen molar-refractivity contribution < 1.29 is 9.90 Å². The van der Waals surface area contributed by atoms with E-state index in [9.17, 15) is 9.90 Å². The van der Waals surface area contributed by atoms with E-state index in [0.717, 1.165) is 5.56 Å². The molecule has 0 aliphatic rings. The third-order valence-corrected chi connectivity index (χ3v) is 2.76. The summed E-state index contributed by atoms with van der Waals surface area (Å²) >= 11 is 4.76. The number of carbonyl (C=O) groups excluding carboxylic acids is 1. The lowest BCUT2D eigenvalue weighted by Crippen LogP contribution is -2.34. The Morgan fingerprint density at radius 1 is 1.47 bits per heavy atom. The van der Waals surface area contributed by atoms with Crippen LogP contribution in [-0.2, 0) is 0 Å². The predicted molar refractivity (Wildman–Crippen MR) is 64.4 cm³/mol. The van der Waals surface area contributed by atoms with Gasteiger partial charge in [-0.15, -0.1) is 0 Å². The van der Waals surface area contributed by atoms with Crippen molar-refractivity contribution in [3.8, 4) is 0 Å². The van der Waals surface area contributed by atoms with Crippen LogP contribution in [0.25, 0.3) is 0 Å². The first-order chi connectivity index (χ1) is 7.01. The van der Waals surface area contributed by atoms with Gasteiger partial charge < -0.3 is 5.11 Å². The summed E-state index contributed by atoms with van der Waals surface area (Å²) in [6.45, 7) is 3.31. The first-order valence-corrected chi connectivity index (χ1v) is 5.31. The second-order valence-electron chi connectivity index (χ2n) is 3.70. The smallest absolute Gasteiger partial charge is 0.194 e. The number of thiocarbonyl (C=S) groups is 1. The van der Waals surface area contributed by atoms with Crippen molar-refractivity contribution in [1.29, 1.82) is 0 Å². The molecule has 0 amide bonds. The number of carbonyl (C=O) groups is 1. The van der Waals surface area contributed by atoms with Crippen LogP contribution in [0.1, 0.15) is 36.2 Å². The van der Waals surface area contributed by atoms with E-state index in [4.69, 9.17) is 12.2 Å². The zero-order valence-electron chi connectivity index (χ0n) is 8.86. The van der Waals surface area contributed by atoms with Gasteiger partial charge in [-0.3, -0.25) is 4.79 Å². The van der Waals surface area contributed by atoms with Gasteiger partial charge >= 0.3 is 0 Å². The third kappa shape index (κ3) is 2.70. The Bertz CT molecular complexity index is 366. The van der Waals surface area contributed by atoms with Crippen LogP contribution >= 0.6 is 12.2 Å². The van der Waals surface area contributed by atoms with Gasteiger partial charge in [-0.05, 0) is 18.9 Å². The lowest BCUT2D eigenvalue weighted by atomic mass is 9.92. The number of ketones is 1. The summed E-state index contributed by atoms with van der Waals surface area (Å²) < 4.78 is 0. The highest BCUT2D eigenvalue weighted by Crippen LogP contribution is 2.16. The summed E-state index contributed by atoms with van der Waals surface area (Å²) in [6.07, 6.45) is 0.404. The summed E-state index contributed by atoms with van der Waals surface area (Å²) in [4.78, 5) is 11.8. The van der Waals surface area contributed by atoms with Crippen LogP contribution in [0.5, 0.6) is 0 Å². The SMILES string of the molecule is CC[C@](C)(O)C(=O)c1ccc(C=S)cc1. The van der Waals surface area contributed by atoms with Crippen LogP contribution in [0.3, 0.4) is 0 Å². The molecule has 0 saturated carbocycles. The van der Waals surface area contributed by atoms with E-state index in [1.165, 1.54) is 6.92 Å². The zero-order valence-corrected chi connectivity index (χ0v) is 9.67. The quantitative estimate of drug-likeness (QED) is 0.628. The Hall–Kier alpha value is -1.06. The third-order valence-electron chi connectivity index (χ3n) is 2.49. The average Bonchev–Trinajstić information content (AvgIpc) is 2.28. The van der Waals surface area contributed by atoms with Crippen LogP contribution in [0.2, 0.25) is 0 Å². The molecule has 0 heterocycles. The van der Waals surface area contributed by atoms with Crippen molar-refractivity contribution in [1.82, 2.24) is 0 Å². The monoisotopic (exact) mass is 222 g/mol. The Morgan fingerprint density at radius 2 is 2.00 bits per heavy atom. The topological polar surface area (TPSA) is 37.3 Å². The van der Waals surface area contributed by atoms with Crippen molar-refractivity contribution in [3.63, 3.8) is 0 Å². The Balaban J connectivity index is 2.97. The molecule has 0 aliphatic heterocycles. The average molecular weight is 222 g/mol. The maximum absolute atomic E-state index is 11.8. The van der Waals surface area contributed by atoms with Gasteiger partial charge in [0, 0.05) is 10.9 Å². The lowest BCUT2D eigenvalue weighted by molar-refractivity contribution is 0.0390. The number of benzene rings is 1. The highest BCUT2D eigenvalue weighted by Gasteiger charge is 2.28. The van der Waals surface area contributed by atoms with Crippen LogP contribution < -0.4 is 0 Å². The van der Waals surface area contributed by atoms with Gasteiger partial charge in [0.25, 0.3) is 0 Å². The minimum absolute atomic E-state index is 0.249. The van der Waals surface area contributed by atoms with Gasteiger partial charge in [0.15, 0.2) is 5.78 Å². The largest absolute Gasteiger partial charge is 0.382 e. The first kappa shape index (κ1) is 12.0. The van der Waals surface area contributed by atoms with Crippen molar-refractivity contribution in [2.45, 2.75) is 25.9 Å². The molecule has 1 N–H and O–H groups in total. The minimum atomic E-state index is -1.28. The molecule has 1 atom stereocenters. The summed E-state index contributed by atoms with van der Waals surface area (Å²) in [5.41, 5.74) is 0.124. The highest BCUT2D eigenvalue weighted by atomic mass is 32.1. The number of hydrogen-bond donors (Lipinski definition) is 1. The van der Waals surface area contributed by atoms with Gasteiger partial charge in [-0.25, -0.2) is 0 Å². The molecule has 0 unspecified atom stereocenters. The van der Waals surface area contributed by atoms with Crippen LogP contribution in [0.15, 0.2) is 24.3 Å². The van der Waals surface area contributed by atoms with Crippen LogP contribution in [-0.4, -0.2) is 21.9 Å². The number of rotatable bonds is 4. The predicted octanol–water partition coefficient (Wildman–Crippen LogP) is 2.38. The van der Waals surface area contributed by atoms with Crippen molar-refractivity contribution in [2.24, 2.45) is 0 Å². The van der Waals surface area contributed by atoms with E-state index in [1.54, 1.807) is 36.6 Å². The summed E-state index contributed by atoms with van der Waals surface area (Å²) in [5.74, 6) is -0.249. The fourth-order valence-corrected chi connectivity index (χ4v) is 1.34. The molecular weight excluding hydrogens is 208 g/mol. The van der Waals surface area contributed by atoms with E-state index in [1.807, 2.05) is 0 Å². The molecule has 1 rings (SSSR count). The number of Topliss-reactive ketones (excluding diaryl/α,β-unsaturated/α-hetero) is 1. The lowest BCUT2D eigenvalue weighted by Gasteiger charge is -2.19. The Morgan fingerprint density at radius 3 is 2.40 bits per heavy atom. The molecule has 0 saturated heterocycles. The molecule has 1 aromatic rings. The number of aliphatic hydroxyl groups is 1.